The highest BCUT2D eigenvalue weighted by atomic mass is 16.7. The van der Waals surface area contributed by atoms with Gasteiger partial charge in [-0.1, -0.05) is 11.8 Å². The molecule has 0 saturated carbocycles. The summed E-state index contributed by atoms with van der Waals surface area (Å²) >= 11 is 0. The van der Waals surface area contributed by atoms with Crippen molar-refractivity contribution in [2.45, 2.75) is 0 Å². The largest absolute Gasteiger partial charge is 0.514 e. The highest BCUT2D eigenvalue weighted by Crippen LogP contribution is 2.23. The lowest BCUT2D eigenvalue weighted by Crippen LogP contribution is -2.10. The maximum absolute atomic E-state index is 11.3. The molecule has 0 unspecified atom stereocenters. The van der Waals surface area contributed by atoms with E-state index in [0.29, 0.717) is 11.4 Å². The average Bonchev–Trinajstić information content (AvgIpc) is 2.71. The summed E-state index contributed by atoms with van der Waals surface area (Å²) in [6, 6.07) is 12.5. The lowest BCUT2D eigenvalue weighted by atomic mass is 10.3. The first-order chi connectivity index (χ1) is 13.6. The second-order valence-corrected chi connectivity index (χ2v) is 4.88. The summed E-state index contributed by atoms with van der Waals surface area (Å²) in [5.41, 5.74) is 1.06. The van der Waals surface area contributed by atoms with Crippen molar-refractivity contribution >= 4 is 23.7 Å². The molecule has 0 fully saturated rings. The van der Waals surface area contributed by atoms with E-state index in [4.69, 9.17) is 22.3 Å². The minimum atomic E-state index is -0.891. The Morgan fingerprint density at radius 1 is 0.714 bits per heavy atom. The number of hydrogen-bond acceptors (Lipinski definition) is 8. The van der Waals surface area contributed by atoms with Crippen LogP contribution in [-0.2, 0) is 9.47 Å². The number of nitrogens with zero attached hydrogens (tertiary/aromatic N) is 2. The van der Waals surface area contributed by atoms with Crippen LogP contribution in [-0.4, -0.2) is 25.5 Å². The van der Waals surface area contributed by atoms with E-state index in [1.807, 2.05) is 0 Å². The van der Waals surface area contributed by atoms with E-state index in [2.05, 4.69) is 31.5 Å². The van der Waals surface area contributed by atoms with E-state index in [1.54, 1.807) is 24.3 Å². The normalized spacial score (nSPS) is 9.79. The van der Waals surface area contributed by atoms with Crippen molar-refractivity contribution in [2.24, 2.45) is 10.2 Å². The van der Waals surface area contributed by atoms with Crippen molar-refractivity contribution in [1.82, 2.24) is 0 Å². The minimum absolute atomic E-state index is 0.166. The Morgan fingerprint density at radius 3 is 1.39 bits per heavy atom. The number of carbonyl (C=O) groups excluding carboxylic acids is 2. The first-order valence-electron chi connectivity index (χ1n) is 7.78. The third kappa shape index (κ3) is 6.90. The molecule has 0 aliphatic heterocycles. The number of rotatable bonds is 6. The van der Waals surface area contributed by atoms with Crippen molar-refractivity contribution in [3.63, 3.8) is 0 Å². The monoisotopic (exact) mass is 378 g/mol. The minimum Gasteiger partial charge on any atom is -0.421 e. The predicted octanol–water partition coefficient (Wildman–Crippen LogP) is 4.40. The molecule has 0 aromatic heterocycles. The number of carbonyl (C=O) groups is 2. The van der Waals surface area contributed by atoms with Crippen LogP contribution < -0.4 is 9.47 Å². The molecule has 0 spiro atoms. The van der Waals surface area contributed by atoms with E-state index < -0.39 is 12.3 Å². The Balaban J connectivity index is 1.89. The molecule has 0 N–H and O–H groups in total. The summed E-state index contributed by atoms with van der Waals surface area (Å²) in [5.74, 6) is 4.87. The van der Waals surface area contributed by atoms with E-state index in [1.165, 1.54) is 24.3 Å². The maximum Gasteiger partial charge on any atom is 0.514 e. The van der Waals surface area contributed by atoms with E-state index in [0.717, 1.165) is 0 Å². The molecule has 0 aliphatic carbocycles. The fourth-order valence-electron chi connectivity index (χ4n) is 1.73. The first-order valence-corrected chi connectivity index (χ1v) is 7.78. The van der Waals surface area contributed by atoms with Gasteiger partial charge in [0.05, 0.1) is 11.4 Å². The van der Waals surface area contributed by atoms with E-state index in [-0.39, 0.29) is 24.7 Å². The number of benzene rings is 2. The lowest BCUT2D eigenvalue weighted by molar-refractivity contribution is 0.110. The van der Waals surface area contributed by atoms with Gasteiger partial charge in [-0.25, -0.2) is 9.59 Å². The highest BCUT2D eigenvalue weighted by molar-refractivity contribution is 5.65. The first kappa shape index (κ1) is 20.0. The average molecular weight is 378 g/mol. The van der Waals surface area contributed by atoms with Crippen LogP contribution >= 0.6 is 0 Å². The molecule has 0 amide bonds. The summed E-state index contributed by atoms with van der Waals surface area (Å²) in [6.07, 6.45) is 8.18. The van der Waals surface area contributed by atoms with E-state index >= 15 is 0 Å². The van der Waals surface area contributed by atoms with E-state index in [9.17, 15) is 9.59 Å². The van der Waals surface area contributed by atoms with Crippen LogP contribution in [0.1, 0.15) is 0 Å². The van der Waals surface area contributed by atoms with Crippen molar-refractivity contribution < 1.29 is 28.5 Å². The molecule has 0 radical (unpaired) electrons. The van der Waals surface area contributed by atoms with Gasteiger partial charge in [0, 0.05) is 0 Å². The van der Waals surface area contributed by atoms with Gasteiger partial charge in [-0.3, -0.25) is 0 Å². The summed E-state index contributed by atoms with van der Waals surface area (Å²) in [5, 5.41) is 8.10. The van der Waals surface area contributed by atoms with Crippen LogP contribution in [0.4, 0.5) is 21.0 Å². The second-order valence-electron chi connectivity index (χ2n) is 4.88. The molecular weight excluding hydrogens is 364 g/mol. The van der Waals surface area contributed by atoms with Crippen LogP contribution in [0.5, 0.6) is 11.5 Å². The quantitative estimate of drug-likeness (QED) is 0.320. The summed E-state index contributed by atoms with van der Waals surface area (Å²) in [6.45, 7) is -0.331. The van der Waals surface area contributed by atoms with Crippen LogP contribution in [0.15, 0.2) is 58.8 Å². The van der Waals surface area contributed by atoms with Gasteiger partial charge in [-0.15, -0.1) is 12.8 Å². The second kappa shape index (κ2) is 10.6. The fraction of sp³-hybridized carbons (Fsp3) is 0.100. The standard InChI is InChI=1S/C20H14N2O6/c1-3-13-25-19(23)27-17-9-5-15(6-10-17)21-22-16-7-11-18(12-8-16)28-20(24)26-14-4-2/h1-2,5-12H,13-14H2/b22-21+. The Morgan fingerprint density at radius 2 is 1.07 bits per heavy atom. The van der Waals surface area contributed by atoms with Crippen LogP contribution in [0, 0.1) is 24.7 Å². The molecule has 2 aromatic rings. The van der Waals surface area contributed by atoms with Gasteiger partial charge in [0.1, 0.15) is 11.5 Å². The third-order valence-corrected chi connectivity index (χ3v) is 2.90. The van der Waals surface area contributed by atoms with Crippen molar-refractivity contribution in [3.05, 3.63) is 48.5 Å². The zero-order chi connectivity index (χ0) is 20.2. The molecular formula is C20H14N2O6. The third-order valence-electron chi connectivity index (χ3n) is 2.90. The molecule has 2 aromatic carbocycles. The van der Waals surface area contributed by atoms with Gasteiger partial charge in [0.25, 0.3) is 0 Å². The zero-order valence-electron chi connectivity index (χ0n) is 14.5. The van der Waals surface area contributed by atoms with Gasteiger partial charge < -0.3 is 18.9 Å². The lowest BCUT2D eigenvalue weighted by Gasteiger charge is -2.03. The molecule has 140 valence electrons. The van der Waals surface area contributed by atoms with Crippen LogP contribution in [0.25, 0.3) is 0 Å². The van der Waals surface area contributed by atoms with Gasteiger partial charge in [-0.2, -0.15) is 10.2 Å². The number of ether oxygens (including phenoxy) is 4. The molecule has 8 nitrogen and oxygen atoms in total. The summed E-state index contributed by atoms with van der Waals surface area (Å²) in [7, 11) is 0. The van der Waals surface area contributed by atoms with Gasteiger partial charge >= 0.3 is 12.3 Å². The zero-order valence-corrected chi connectivity index (χ0v) is 14.5. The number of azo groups is 1. The van der Waals surface area contributed by atoms with Crippen molar-refractivity contribution in [3.8, 4) is 36.2 Å². The molecule has 8 heteroatoms. The fourth-order valence-corrected chi connectivity index (χ4v) is 1.73. The molecule has 2 rings (SSSR count). The molecule has 0 atom stereocenters. The smallest absolute Gasteiger partial charge is 0.421 e. The predicted molar refractivity (Wildman–Crippen MR) is 98.7 cm³/mol. The Labute approximate surface area is 161 Å². The number of terminal acetylenes is 2. The maximum atomic E-state index is 11.3. The van der Waals surface area contributed by atoms with Gasteiger partial charge in [0.15, 0.2) is 13.2 Å². The Bertz CT molecular complexity index is 844. The summed E-state index contributed by atoms with van der Waals surface area (Å²) < 4.78 is 19.0. The molecule has 0 heterocycles. The topological polar surface area (TPSA) is 95.8 Å². The van der Waals surface area contributed by atoms with Crippen LogP contribution in [0.3, 0.4) is 0 Å². The van der Waals surface area contributed by atoms with Crippen LogP contribution in [0.2, 0.25) is 0 Å². The Hall–Kier alpha value is -4.30. The number of hydrogen-bond donors (Lipinski definition) is 0. The molecule has 0 aliphatic rings. The SMILES string of the molecule is C#CCOC(=O)Oc1ccc(/N=N/c2ccc(OC(=O)OCC#C)cc2)cc1. The van der Waals surface area contributed by atoms with Gasteiger partial charge in [0.2, 0.25) is 0 Å². The molecule has 28 heavy (non-hydrogen) atoms. The van der Waals surface area contributed by atoms with Gasteiger partial charge in [-0.05, 0) is 48.5 Å². The molecule has 0 bridgehead atoms. The Kier molecular flexibility index (Phi) is 7.60. The summed E-state index contributed by atoms with van der Waals surface area (Å²) in [4.78, 5) is 22.6. The molecule has 0 saturated heterocycles. The highest BCUT2D eigenvalue weighted by Gasteiger charge is 2.06. The van der Waals surface area contributed by atoms with Crippen molar-refractivity contribution in [2.75, 3.05) is 13.2 Å². The van der Waals surface area contributed by atoms with Crippen molar-refractivity contribution in [1.29, 1.82) is 0 Å².